The first kappa shape index (κ1) is 25.9. The number of aryl methyl sites for hydroxylation is 1. The third-order valence-corrected chi connectivity index (χ3v) is 8.98. The normalized spacial score (nSPS) is 12.3. The van der Waals surface area contributed by atoms with Crippen LogP contribution in [0.4, 0.5) is 5.69 Å². The zero-order valence-electron chi connectivity index (χ0n) is 20.8. The Bertz CT molecular complexity index is 1440. The van der Waals surface area contributed by atoms with Gasteiger partial charge < -0.3 is 9.30 Å². The molecule has 0 radical (unpaired) electrons. The van der Waals surface area contributed by atoms with Crippen molar-refractivity contribution >= 4 is 27.0 Å². The van der Waals surface area contributed by atoms with Crippen LogP contribution >= 0.6 is 11.3 Å². The molecular formula is C28H31N3O3S2. The van der Waals surface area contributed by atoms with Crippen molar-refractivity contribution in [3.8, 4) is 17.0 Å². The Morgan fingerprint density at radius 2 is 1.58 bits per heavy atom. The average Bonchev–Trinajstić information content (AvgIpc) is 3.31. The summed E-state index contributed by atoms with van der Waals surface area (Å²) < 4.78 is 34.8. The fourth-order valence-electron chi connectivity index (χ4n) is 4.02. The van der Waals surface area contributed by atoms with Gasteiger partial charge >= 0.3 is 0 Å². The van der Waals surface area contributed by atoms with Gasteiger partial charge in [0.2, 0.25) is 10.0 Å². The van der Waals surface area contributed by atoms with Gasteiger partial charge in [-0.15, -0.1) is 11.3 Å². The fraction of sp³-hybridized carbons (Fsp3) is 0.250. The van der Waals surface area contributed by atoms with Gasteiger partial charge in [-0.1, -0.05) is 56.3 Å². The Balaban J connectivity index is 1.70. The molecule has 0 aliphatic carbocycles. The molecule has 0 bridgehead atoms. The number of hydrogen-bond donors (Lipinski definition) is 0. The summed E-state index contributed by atoms with van der Waals surface area (Å²) in [6.07, 6.45) is 0.824. The van der Waals surface area contributed by atoms with E-state index < -0.39 is 10.0 Å². The number of hydrogen-bond acceptors (Lipinski definition) is 5. The van der Waals surface area contributed by atoms with E-state index in [4.69, 9.17) is 9.73 Å². The van der Waals surface area contributed by atoms with Crippen LogP contribution in [0.2, 0.25) is 0 Å². The summed E-state index contributed by atoms with van der Waals surface area (Å²) in [6.45, 7) is 5.33. The first-order chi connectivity index (χ1) is 17.5. The lowest BCUT2D eigenvalue weighted by Crippen LogP contribution is -2.30. The highest BCUT2D eigenvalue weighted by Gasteiger charge is 2.21. The lowest BCUT2D eigenvalue weighted by Gasteiger charge is -2.18. The van der Waals surface area contributed by atoms with Gasteiger partial charge in [-0.05, 0) is 53.9 Å². The smallest absolute Gasteiger partial charge is 0.243 e. The summed E-state index contributed by atoms with van der Waals surface area (Å²) in [5.74, 6) is 0.835. The maximum absolute atomic E-state index is 12.9. The topological polar surface area (TPSA) is 63.9 Å². The maximum atomic E-state index is 12.9. The minimum Gasteiger partial charge on any atom is -0.497 e. The van der Waals surface area contributed by atoms with Gasteiger partial charge in [-0.2, -0.15) is 4.31 Å². The largest absolute Gasteiger partial charge is 0.497 e. The fourth-order valence-corrected chi connectivity index (χ4v) is 6.44. The van der Waals surface area contributed by atoms with Gasteiger partial charge in [-0.3, -0.25) is 0 Å². The van der Waals surface area contributed by atoms with Crippen molar-refractivity contribution in [2.45, 2.75) is 31.7 Å². The number of aromatic nitrogens is 1. The number of ether oxygens (including phenoxy) is 1. The van der Waals surface area contributed by atoms with Crippen LogP contribution in [0.15, 0.2) is 94.1 Å². The van der Waals surface area contributed by atoms with Crippen molar-refractivity contribution in [1.29, 1.82) is 0 Å². The van der Waals surface area contributed by atoms with Gasteiger partial charge in [0.25, 0.3) is 0 Å². The van der Waals surface area contributed by atoms with Gasteiger partial charge in [0.15, 0.2) is 4.80 Å². The van der Waals surface area contributed by atoms with Gasteiger partial charge in [-0.25, -0.2) is 13.4 Å². The molecule has 1 heterocycles. The van der Waals surface area contributed by atoms with Crippen LogP contribution in [0.1, 0.15) is 19.4 Å². The molecule has 36 heavy (non-hydrogen) atoms. The molecule has 4 rings (SSSR count). The number of benzene rings is 3. The first-order valence-corrected chi connectivity index (χ1v) is 14.3. The van der Waals surface area contributed by atoms with Crippen molar-refractivity contribution < 1.29 is 13.2 Å². The molecular weight excluding hydrogens is 490 g/mol. The first-order valence-electron chi connectivity index (χ1n) is 12.0. The van der Waals surface area contributed by atoms with Crippen molar-refractivity contribution in [3.63, 3.8) is 0 Å². The standard InChI is InChI=1S/C28H31N3O3S2/c1-4-30(5-2)36(32,33)26-17-13-23(14-18-26)27-21-35-28(29-24-9-7-6-8-10-24)31(27)20-19-22-11-15-25(34-3)16-12-22/h6-18,21H,4-5,19-20H2,1-3H3. The second-order valence-corrected chi connectivity index (χ2v) is 11.0. The molecule has 3 aromatic carbocycles. The average molecular weight is 522 g/mol. The molecule has 6 nitrogen and oxygen atoms in total. The lowest BCUT2D eigenvalue weighted by molar-refractivity contribution is 0.414. The third-order valence-electron chi connectivity index (χ3n) is 6.06. The van der Waals surface area contributed by atoms with Crippen LogP contribution in [0.5, 0.6) is 5.75 Å². The van der Waals surface area contributed by atoms with E-state index in [9.17, 15) is 8.42 Å². The van der Waals surface area contributed by atoms with Gasteiger partial charge in [0, 0.05) is 25.0 Å². The van der Waals surface area contributed by atoms with E-state index in [0.717, 1.165) is 40.5 Å². The minimum absolute atomic E-state index is 0.309. The molecule has 0 amide bonds. The number of nitrogens with zero attached hydrogens (tertiary/aromatic N) is 3. The van der Waals surface area contributed by atoms with E-state index in [-0.39, 0.29) is 0 Å². The molecule has 0 N–H and O–H groups in total. The zero-order valence-corrected chi connectivity index (χ0v) is 22.4. The Hall–Kier alpha value is -3.20. The molecule has 0 saturated carbocycles. The SMILES string of the molecule is CCN(CC)S(=O)(=O)c1ccc(-c2csc(=Nc3ccccc3)n2CCc2ccc(OC)cc2)cc1. The number of methoxy groups -OCH3 is 1. The molecule has 0 fully saturated rings. The summed E-state index contributed by atoms with van der Waals surface area (Å²) in [7, 11) is -1.83. The van der Waals surface area contributed by atoms with Crippen LogP contribution in [-0.4, -0.2) is 37.5 Å². The number of thiazole rings is 1. The summed E-state index contributed by atoms with van der Waals surface area (Å²) in [5.41, 5.74) is 4.06. The molecule has 0 saturated heterocycles. The van der Waals surface area contributed by atoms with Crippen molar-refractivity contribution in [2.24, 2.45) is 4.99 Å². The minimum atomic E-state index is -3.50. The highest BCUT2D eigenvalue weighted by Crippen LogP contribution is 2.25. The Morgan fingerprint density at radius 3 is 2.19 bits per heavy atom. The third kappa shape index (κ3) is 5.78. The van der Waals surface area contributed by atoms with Crippen molar-refractivity contribution in [2.75, 3.05) is 20.2 Å². The van der Waals surface area contributed by atoms with Crippen LogP contribution in [-0.2, 0) is 23.0 Å². The van der Waals surface area contributed by atoms with E-state index in [1.165, 1.54) is 9.87 Å². The predicted molar refractivity (Wildman–Crippen MR) is 146 cm³/mol. The molecule has 4 aromatic rings. The summed E-state index contributed by atoms with van der Waals surface area (Å²) in [6, 6.07) is 25.2. The summed E-state index contributed by atoms with van der Waals surface area (Å²) >= 11 is 1.58. The Morgan fingerprint density at radius 1 is 0.917 bits per heavy atom. The predicted octanol–water partition coefficient (Wildman–Crippen LogP) is 5.73. The van der Waals surface area contributed by atoms with Crippen LogP contribution < -0.4 is 9.54 Å². The van der Waals surface area contributed by atoms with E-state index >= 15 is 0 Å². The molecule has 8 heteroatoms. The molecule has 0 unspecified atom stereocenters. The van der Waals surface area contributed by atoms with Crippen molar-refractivity contribution in [1.82, 2.24) is 8.87 Å². The van der Waals surface area contributed by atoms with E-state index in [0.29, 0.717) is 18.0 Å². The molecule has 188 valence electrons. The second-order valence-electron chi connectivity index (χ2n) is 8.21. The second kappa shape index (κ2) is 11.7. The molecule has 0 aliphatic heterocycles. The highest BCUT2D eigenvalue weighted by atomic mass is 32.2. The number of para-hydroxylation sites is 1. The maximum Gasteiger partial charge on any atom is 0.243 e. The van der Waals surface area contributed by atoms with Crippen LogP contribution in [0.25, 0.3) is 11.3 Å². The molecule has 0 spiro atoms. The van der Waals surface area contributed by atoms with E-state index in [1.54, 1.807) is 30.6 Å². The monoisotopic (exact) mass is 521 g/mol. The Labute approximate surface area is 217 Å². The van der Waals surface area contributed by atoms with E-state index in [2.05, 4.69) is 22.1 Å². The van der Waals surface area contributed by atoms with Crippen LogP contribution in [0, 0.1) is 0 Å². The molecule has 1 aromatic heterocycles. The van der Waals surface area contributed by atoms with Crippen molar-refractivity contribution in [3.05, 3.63) is 94.6 Å². The molecule has 0 aliphatic rings. The molecule has 0 atom stereocenters. The van der Waals surface area contributed by atoms with Gasteiger partial charge in [0.1, 0.15) is 5.75 Å². The van der Waals surface area contributed by atoms with Crippen LogP contribution in [0.3, 0.4) is 0 Å². The quantitative estimate of drug-likeness (QED) is 0.268. The number of sulfonamides is 1. The summed E-state index contributed by atoms with van der Waals surface area (Å²) in [5, 5.41) is 2.09. The zero-order chi connectivity index (χ0) is 25.5. The van der Waals surface area contributed by atoms with E-state index in [1.807, 2.05) is 68.4 Å². The number of rotatable bonds is 10. The highest BCUT2D eigenvalue weighted by molar-refractivity contribution is 7.89. The van der Waals surface area contributed by atoms with Gasteiger partial charge in [0.05, 0.1) is 23.4 Å². The lowest BCUT2D eigenvalue weighted by atomic mass is 10.1. The Kier molecular flexibility index (Phi) is 8.40. The summed E-state index contributed by atoms with van der Waals surface area (Å²) in [4.78, 5) is 6.09.